The van der Waals surface area contributed by atoms with Crippen LogP contribution in [0.15, 0.2) is 12.3 Å². The number of carbonyl (C=O) groups is 1. The molecule has 0 aliphatic heterocycles. The summed E-state index contributed by atoms with van der Waals surface area (Å²) in [6, 6.07) is 1.62. The van der Waals surface area contributed by atoms with Crippen molar-refractivity contribution in [3.8, 4) is 0 Å². The molecule has 0 radical (unpaired) electrons. The van der Waals surface area contributed by atoms with Gasteiger partial charge in [0.05, 0.1) is 24.6 Å². The van der Waals surface area contributed by atoms with Crippen molar-refractivity contribution in [3.63, 3.8) is 0 Å². The van der Waals surface area contributed by atoms with Crippen LogP contribution in [0, 0.1) is 5.92 Å². The molecule has 0 spiro atoms. The van der Waals surface area contributed by atoms with Gasteiger partial charge in [0.2, 0.25) is 0 Å². The second kappa shape index (κ2) is 6.83. The number of methoxy groups -OCH3 is 1. The van der Waals surface area contributed by atoms with E-state index in [9.17, 15) is 4.79 Å². The number of nitrogens with one attached hydrogen (secondary N) is 1. The van der Waals surface area contributed by atoms with Crippen LogP contribution >= 0.6 is 0 Å². The van der Waals surface area contributed by atoms with Gasteiger partial charge in [0.25, 0.3) is 0 Å². The molecule has 0 saturated carbocycles. The molecule has 0 aliphatic carbocycles. The number of hydrogen-bond donors (Lipinski definition) is 2. The van der Waals surface area contributed by atoms with Crippen LogP contribution in [0.4, 0.5) is 11.5 Å². The third kappa shape index (κ3) is 4.24. The second-order valence-electron chi connectivity index (χ2n) is 4.61. The van der Waals surface area contributed by atoms with E-state index in [1.807, 2.05) is 0 Å². The zero-order chi connectivity index (χ0) is 13.5. The second-order valence-corrected chi connectivity index (χ2v) is 4.61. The van der Waals surface area contributed by atoms with E-state index in [-0.39, 0.29) is 0 Å². The van der Waals surface area contributed by atoms with Crippen molar-refractivity contribution in [2.75, 3.05) is 24.7 Å². The number of aromatic nitrogens is 1. The number of hydrogen-bond acceptors (Lipinski definition) is 5. The molecule has 0 aliphatic rings. The zero-order valence-corrected chi connectivity index (χ0v) is 11.2. The maximum Gasteiger partial charge on any atom is 0.340 e. The number of rotatable bonds is 6. The van der Waals surface area contributed by atoms with Gasteiger partial charge in [-0.15, -0.1) is 0 Å². The number of nitrogens with two attached hydrogens (primary N) is 1. The zero-order valence-electron chi connectivity index (χ0n) is 11.2. The van der Waals surface area contributed by atoms with Gasteiger partial charge in [-0.2, -0.15) is 0 Å². The van der Waals surface area contributed by atoms with Gasteiger partial charge in [0, 0.05) is 6.54 Å². The molecular formula is C13H21N3O2. The first-order chi connectivity index (χ1) is 8.54. The smallest absolute Gasteiger partial charge is 0.340 e. The Hall–Kier alpha value is -1.78. The third-order valence-corrected chi connectivity index (χ3v) is 2.60. The van der Waals surface area contributed by atoms with Gasteiger partial charge < -0.3 is 15.8 Å². The lowest BCUT2D eigenvalue weighted by Gasteiger charge is -2.09. The number of pyridine rings is 1. The summed E-state index contributed by atoms with van der Waals surface area (Å²) in [4.78, 5) is 15.6. The van der Waals surface area contributed by atoms with Gasteiger partial charge in [0.15, 0.2) is 0 Å². The molecule has 1 aromatic rings. The van der Waals surface area contributed by atoms with Gasteiger partial charge in [-0.25, -0.2) is 9.78 Å². The fourth-order valence-corrected chi connectivity index (χ4v) is 1.58. The highest BCUT2D eigenvalue weighted by atomic mass is 16.5. The third-order valence-electron chi connectivity index (χ3n) is 2.60. The lowest BCUT2D eigenvalue weighted by atomic mass is 10.1. The Bertz CT molecular complexity index is 405. The van der Waals surface area contributed by atoms with E-state index in [2.05, 4.69) is 28.9 Å². The highest BCUT2D eigenvalue weighted by Gasteiger charge is 2.11. The molecule has 0 atom stereocenters. The van der Waals surface area contributed by atoms with Gasteiger partial charge in [-0.05, 0) is 24.8 Å². The molecule has 0 aromatic carbocycles. The average Bonchev–Trinajstić information content (AvgIpc) is 2.35. The van der Waals surface area contributed by atoms with Crippen LogP contribution in [-0.4, -0.2) is 24.6 Å². The minimum atomic E-state index is -0.444. The van der Waals surface area contributed by atoms with E-state index in [0.717, 1.165) is 19.4 Å². The number of nitrogen functional groups attached to an aromatic ring is 1. The summed E-state index contributed by atoms with van der Waals surface area (Å²) in [5, 5.41) is 3.17. The van der Waals surface area contributed by atoms with Crippen LogP contribution in [0.25, 0.3) is 0 Å². The summed E-state index contributed by atoms with van der Waals surface area (Å²) in [6.07, 6.45) is 3.69. The van der Waals surface area contributed by atoms with Gasteiger partial charge in [-0.3, -0.25) is 0 Å². The maximum absolute atomic E-state index is 11.4. The molecule has 1 heterocycles. The van der Waals surface area contributed by atoms with Gasteiger partial charge in [0.1, 0.15) is 5.82 Å². The number of esters is 1. The minimum Gasteiger partial charge on any atom is -0.465 e. The van der Waals surface area contributed by atoms with Crippen LogP contribution in [0.3, 0.4) is 0 Å². The molecule has 3 N–H and O–H groups in total. The predicted molar refractivity (Wildman–Crippen MR) is 72.6 cm³/mol. The Morgan fingerprint density at radius 3 is 2.89 bits per heavy atom. The van der Waals surface area contributed by atoms with E-state index in [0.29, 0.717) is 23.0 Å². The summed E-state index contributed by atoms with van der Waals surface area (Å²) in [6.45, 7) is 5.21. The number of nitrogens with zero attached hydrogens (tertiary/aromatic N) is 1. The van der Waals surface area contributed by atoms with Crippen molar-refractivity contribution in [1.29, 1.82) is 0 Å². The van der Waals surface area contributed by atoms with Crippen molar-refractivity contribution in [1.82, 2.24) is 4.98 Å². The number of carbonyl (C=O) groups excluding carboxylic acids is 1. The van der Waals surface area contributed by atoms with Crippen molar-refractivity contribution in [2.24, 2.45) is 5.92 Å². The number of anilines is 2. The Kier molecular flexibility index (Phi) is 5.42. The highest BCUT2D eigenvalue weighted by molar-refractivity contribution is 5.95. The average molecular weight is 251 g/mol. The Balaban J connectivity index is 2.59. The summed E-state index contributed by atoms with van der Waals surface area (Å²) >= 11 is 0. The molecule has 18 heavy (non-hydrogen) atoms. The maximum atomic E-state index is 11.4. The molecule has 0 bridgehead atoms. The van der Waals surface area contributed by atoms with E-state index < -0.39 is 5.97 Å². The lowest BCUT2D eigenvalue weighted by molar-refractivity contribution is 0.0602. The molecule has 0 saturated heterocycles. The minimum absolute atomic E-state index is 0.328. The Morgan fingerprint density at radius 2 is 2.28 bits per heavy atom. The predicted octanol–water partition coefficient (Wildman–Crippen LogP) is 2.30. The summed E-state index contributed by atoms with van der Waals surface area (Å²) < 4.78 is 4.65. The SMILES string of the molecule is COC(=O)c1cc(NCCCC(C)C)ncc1N. The van der Waals surface area contributed by atoms with Crippen LogP contribution in [0.5, 0.6) is 0 Å². The summed E-state index contributed by atoms with van der Waals surface area (Å²) in [5.74, 6) is 0.894. The molecule has 0 amide bonds. The van der Waals surface area contributed by atoms with E-state index in [1.165, 1.54) is 13.3 Å². The molecule has 5 heteroatoms. The summed E-state index contributed by atoms with van der Waals surface area (Å²) in [7, 11) is 1.33. The first-order valence-corrected chi connectivity index (χ1v) is 6.12. The van der Waals surface area contributed by atoms with Gasteiger partial charge in [-0.1, -0.05) is 13.8 Å². The topological polar surface area (TPSA) is 77.2 Å². The van der Waals surface area contributed by atoms with Crippen LogP contribution in [0.1, 0.15) is 37.0 Å². The fourth-order valence-electron chi connectivity index (χ4n) is 1.58. The van der Waals surface area contributed by atoms with E-state index in [1.54, 1.807) is 6.07 Å². The van der Waals surface area contributed by atoms with Crippen LogP contribution in [0.2, 0.25) is 0 Å². The lowest BCUT2D eigenvalue weighted by Crippen LogP contribution is -2.09. The molecular weight excluding hydrogens is 230 g/mol. The van der Waals surface area contributed by atoms with E-state index in [4.69, 9.17) is 5.73 Å². The van der Waals surface area contributed by atoms with Crippen molar-refractivity contribution < 1.29 is 9.53 Å². The van der Waals surface area contributed by atoms with Crippen LogP contribution < -0.4 is 11.1 Å². The molecule has 0 fully saturated rings. The first-order valence-electron chi connectivity index (χ1n) is 6.12. The van der Waals surface area contributed by atoms with E-state index >= 15 is 0 Å². The van der Waals surface area contributed by atoms with Crippen molar-refractivity contribution >= 4 is 17.5 Å². The largest absolute Gasteiger partial charge is 0.465 e. The van der Waals surface area contributed by atoms with Gasteiger partial charge >= 0.3 is 5.97 Å². The van der Waals surface area contributed by atoms with Crippen molar-refractivity contribution in [3.05, 3.63) is 17.8 Å². The van der Waals surface area contributed by atoms with Crippen molar-refractivity contribution in [2.45, 2.75) is 26.7 Å². The first kappa shape index (κ1) is 14.3. The van der Waals surface area contributed by atoms with Crippen LogP contribution in [-0.2, 0) is 4.74 Å². The molecule has 1 rings (SSSR count). The number of ether oxygens (including phenoxy) is 1. The molecule has 5 nitrogen and oxygen atoms in total. The normalized spacial score (nSPS) is 10.4. The molecule has 100 valence electrons. The quantitative estimate of drug-likeness (QED) is 0.599. The fraction of sp³-hybridized carbons (Fsp3) is 0.538. The highest BCUT2D eigenvalue weighted by Crippen LogP contribution is 2.16. The monoisotopic (exact) mass is 251 g/mol. The molecule has 1 aromatic heterocycles. The Morgan fingerprint density at radius 1 is 1.56 bits per heavy atom. The standard InChI is InChI=1S/C13H21N3O2/c1-9(2)5-4-6-15-12-7-10(13(17)18-3)11(14)8-16-12/h7-9H,4-6,14H2,1-3H3,(H,15,16). The summed E-state index contributed by atoms with van der Waals surface area (Å²) in [5.41, 5.74) is 6.34. The molecule has 0 unspecified atom stereocenters. The Labute approximate surface area is 108 Å².